The fourth-order valence-corrected chi connectivity index (χ4v) is 8.81. The first-order valence-electron chi connectivity index (χ1n) is 19.4. The van der Waals surface area contributed by atoms with Gasteiger partial charge in [-0.3, -0.25) is 0 Å². The van der Waals surface area contributed by atoms with E-state index in [0.29, 0.717) is 0 Å². The van der Waals surface area contributed by atoms with E-state index in [1.54, 1.807) is 0 Å². The van der Waals surface area contributed by atoms with E-state index in [9.17, 15) is 0 Å². The maximum atomic E-state index is 6.38. The molecule has 56 heavy (non-hydrogen) atoms. The van der Waals surface area contributed by atoms with Crippen molar-refractivity contribution >= 4 is 21.9 Å². The Kier molecular flexibility index (Phi) is 7.64. The topological polar surface area (TPSA) is 13.1 Å². The molecule has 1 nitrogen and oxygen atoms in total. The number of fused-ring (bicyclic) bond motifs is 6. The lowest BCUT2D eigenvalue weighted by atomic mass is 9.92. The number of benzene rings is 9. The zero-order valence-corrected chi connectivity index (χ0v) is 30.7. The molecule has 11 rings (SSSR count). The molecule has 0 spiro atoms. The Morgan fingerprint density at radius 3 is 1.34 bits per heavy atom. The molecule has 1 heteroatoms. The monoisotopic (exact) mass is 712 g/mol. The molecule has 0 aliphatic heterocycles. The maximum Gasteiger partial charge on any atom is 0.143 e. The molecule has 0 N–H and O–H groups in total. The summed E-state index contributed by atoms with van der Waals surface area (Å²) in [7, 11) is 0. The van der Waals surface area contributed by atoms with Gasteiger partial charge in [0.2, 0.25) is 0 Å². The molecule has 0 fully saturated rings. The third-order valence-electron chi connectivity index (χ3n) is 11.6. The Balaban J connectivity index is 0.887. The molecular formula is C55H36O. The van der Waals surface area contributed by atoms with Crippen LogP contribution in [-0.4, -0.2) is 0 Å². The van der Waals surface area contributed by atoms with Crippen LogP contribution in [0.15, 0.2) is 211 Å². The van der Waals surface area contributed by atoms with E-state index in [-0.39, 0.29) is 0 Å². The summed E-state index contributed by atoms with van der Waals surface area (Å²) in [4.78, 5) is 0. The molecule has 0 radical (unpaired) electrons. The van der Waals surface area contributed by atoms with E-state index < -0.39 is 0 Å². The van der Waals surface area contributed by atoms with Crippen LogP contribution in [0.2, 0.25) is 0 Å². The number of furan rings is 1. The Bertz CT molecular complexity index is 3070. The second-order valence-electron chi connectivity index (χ2n) is 14.8. The van der Waals surface area contributed by atoms with Gasteiger partial charge in [-0.25, -0.2) is 0 Å². The Labute approximate surface area is 326 Å². The van der Waals surface area contributed by atoms with E-state index in [1.807, 2.05) is 12.1 Å². The van der Waals surface area contributed by atoms with Gasteiger partial charge >= 0.3 is 0 Å². The maximum absolute atomic E-state index is 6.38. The molecule has 1 heterocycles. The molecule has 0 atom stereocenters. The van der Waals surface area contributed by atoms with Crippen molar-refractivity contribution in [1.29, 1.82) is 0 Å². The lowest BCUT2D eigenvalue weighted by Gasteiger charge is -2.12. The molecule has 1 aliphatic rings. The van der Waals surface area contributed by atoms with Gasteiger partial charge in [0.25, 0.3) is 0 Å². The highest BCUT2D eigenvalue weighted by molar-refractivity contribution is 6.09. The van der Waals surface area contributed by atoms with E-state index >= 15 is 0 Å². The van der Waals surface area contributed by atoms with Crippen LogP contribution in [0.4, 0.5) is 0 Å². The van der Waals surface area contributed by atoms with Crippen molar-refractivity contribution in [3.05, 3.63) is 217 Å². The number of rotatable bonds is 6. The van der Waals surface area contributed by atoms with Gasteiger partial charge in [-0.1, -0.05) is 188 Å². The summed E-state index contributed by atoms with van der Waals surface area (Å²) < 4.78 is 6.38. The molecule has 0 bridgehead atoms. The van der Waals surface area contributed by atoms with Crippen molar-refractivity contribution in [3.63, 3.8) is 0 Å². The highest BCUT2D eigenvalue weighted by atomic mass is 16.3. The van der Waals surface area contributed by atoms with Gasteiger partial charge in [0, 0.05) is 16.3 Å². The lowest BCUT2D eigenvalue weighted by Crippen LogP contribution is -1.90. The first-order valence-corrected chi connectivity index (χ1v) is 19.4. The Hall–Kier alpha value is -7.22. The van der Waals surface area contributed by atoms with Crippen LogP contribution in [0.1, 0.15) is 11.1 Å². The predicted molar refractivity (Wildman–Crippen MR) is 235 cm³/mol. The summed E-state index contributed by atoms with van der Waals surface area (Å²) in [5, 5.41) is 2.30. The third kappa shape index (κ3) is 5.48. The summed E-state index contributed by atoms with van der Waals surface area (Å²) in [5.74, 6) is 0. The van der Waals surface area contributed by atoms with Gasteiger partial charge in [0.1, 0.15) is 11.2 Å². The number of hydrogen-bond donors (Lipinski definition) is 0. The molecule has 1 aromatic heterocycles. The predicted octanol–water partition coefficient (Wildman–Crippen LogP) is 15.2. The highest BCUT2D eigenvalue weighted by Crippen LogP contribution is 2.46. The molecule has 262 valence electrons. The zero-order valence-electron chi connectivity index (χ0n) is 30.7. The first-order chi connectivity index (χ1) is 27.7. The molecule has 10 aromatic rings. The second-order valence-corrected chi connectivity index (χ2v) is 14.8. The quantitative estimate of drug-likeness (QED) is 0.167. The Morgan fingerprint density at radius 1 is 0.268 bits per heavy atom. The summed E-state index contributed by atoms with van der Waals surface area (Å²) in [5.41, 5.74) is 22.0. The van der Waals surface area contributed by atoms with Crippen molar-refractivity contribution in [2.75, 3.05) is 0 Å². The van der Waals surface area contributed by atoms with Crippen LogP contribution in [-0.2, 0) is 6.42 Å². The number of hydrogen-bond acceptors (Lipinski definition) is 1. The van der Waals surface area contributed by atoms with Gasteiger partial charge in [-0.15, -0.1) is 0 Å². The minimum atomic E-state index is 0.907. The fourth-order valence-electron chi connectivity index (χ4n) is 8.81. The van der Waals surface area contributed by atoms with Crippen LogP contribution in [0.3, 0.4) is 0 Å². The van der Waals surface area contributed by atoms with Gasteiger partial charge in [-0.05, 0) is 108 Å². The zero-order chi connectivity index (χ0) is 37.0. The third-order valence-corrected chi connectivity index (χ3v) is 11.6. The van der Waals surface area contributed by atoms with Gasteiger partial charge in [0.05, 0.1) is 0 Å². The van der Waals surface area contributed by atoms with E-state index in [2.05, 4.69) is 194 Å². The molecule has 9 aromatic carbocycles. The van der Waals surface area contributed by atoms with E-state index in [0.717, 1.165) is 39.5 Å². The average Bonchev–Trinajstić information content (AvgIpc) is 3.86. The molecule has 1 aliphatic carbocycles. The summed E-state index contributed by atoms with van der Waals surface area (Å²) in [6, 6.07) is 74.7. The molecule has 0 saturated carbocycles. The van der Waals surface area contributed by atoms with E-state index in [4.69, 9.17) is 4.42 Å². The Morgan fingerprint density at radius 2 is 0.679 bits per heavy atom. The van der Waals surface area contributed by atoms with Crippen molar-refractivity contribution in [2.45, 2.75) is 6.42 Å². The summed E-state index contributed by atoms with van der Waals surface area (Å²) >= 11 is 0. The second kappa shape index (κ2) is 13.3. The lowest BCUT2D eigenvalue weighted by molar-refractivity contribution is 0.670. The normalized spacial score (nSPS) is 11.9. The largest absolute Gasteiger partial charge is 0.455 e. The fraction of sp³-hybridized carbons (Fsp3) is 0.0182. The van der Waals surface area contributed by atoms with Crippen LogP contribution in [0.5, 0.6) is 0 Å². The van der Waals surface area contributed by atoms with Crippen LogP contribution >= 0.6 is 0 Å². The number of para-hydroxylation sites is 2. The van der Waals surface area contributed by atoms with Crippen molar-refractivity contribution in [1.82, 2.24) is 0 Å². The highest BCUT2D eigenvalue weighted by Gasteiger charge is 2.24. The minimum Gasteiger partial charge on any atom is -0.455 e. The standard InChI is InChI=1S/C55H36O/c1-2-11-36(12-3-1)37-25-27-38(28-26-37)41-13-6-15-43(33-41)46-19-9-22-49-48-21-8-18-45(52(48)35-53(46)49)40-31-29-39(30-32-40)42-14-7-16-44(34-42)47-20-10-23-51-50-17-4-5-24-54(50)56-55(47)51/h1-34H,35H2. The average molecular weight is 713 g/mol. The van der Waals surface area contributed by atoms with Crippen molar-refractivity contribution in [2.24, 2.45) is 0 Å². The smallest absolute Gasteiger partial charge is 0.143 e. The van der Waals surface area contributed by atoms with Crippen LogP contribution in [0, 0.1) is 0 Å². The summed E-state index contributed by atoms with van der Waals surface area (Å²) in [6.45, 7) is 0. The van der Waals surface area contributed by atoms with Crippen molar-refractivity contribution in [3.8, 4) is 77.9 Å². The van der Waals surface area contributed by atoms with Gasteiger partial charge in [-0.2, -0.15) is 0 Å². The summed E-state index contributed by atoms with van der Waals surface area (Å²) in [6.07, 6.45) is 0.907. The molecule has 0 saturated heterocycles. The van der Waals surface area contributed by atoms with Crippen molar-refractivity contribution < 1.29 is 4.42 Å². The SMILES string of the molecule is c1ccc(-c2ccc(-c3cccc(-c4cccc5c4Cc4c(-c6ccc(-c7cccc(-c8cccc9c8oc8ccccc89)c7)cc6)cccc4-5)c3)cc2)cc1. The van der Waals surface area contributed by atoms with Crippen LogP contribution < -0.4 is 0 Å². The van der Waals surface area contributed by atoms with Crippen LogP contribution in [0.25, 0.3) is 99.8 Å². The van der Waals surface area contributed by atoms with E-state index in [1.165, 1.54) is 77.9 Å². The van der Waals surface area contributed by atoms with Gasteiger partial charge < -0.3 is 4.42 Å². The molecular weight excluding hydrogens is 677 g/mol. The molecule has 0 amide bonds. The minimum absolute atomic E-state index is 0.907. The molecule has 0 unspecified atom stereocenters. The first kappa shape index (κ1) is 32.2. The van der Waals surface area contributed by atoms with Gasteiger partial charge in [0.15, 0.2) is 0 Å².